The van der Waals surface area contributed by atoms with Crippen LogP contribution in [0.15, 0.2) is 6.20 Å². The summed E-state index contributed by atoms with van der Waals surface area (Å²) in [7, 11) is 2.15. The fraction of sp³-hybridized carbons (Fsp3) is 0.615. The molecule has 0 amide bonds. The quantitative estimate of drug-likeness (QED) is 0.607. The number of fused-ring (bicyclic) bond motifs is 1. The van der Waals surface area contributed by atoms with Gasteiger partial charge in [0.25, 0.3) is 0 Å². The third-order valence-electron chi connectivity index (χ3n) is 3.39. The van der Waals surface area contributed by atoms with E-state index in [2.05, 4.69) is 51.3 Å². The Morgan fingerprint density at radius 2 is 2.15 bits per heavy atom. The maximum absolute atomic E-state index is 5.88. The van der Waals surface area contributed by atoms with Crippen molar-refractivity contribution < 1.29 is 0 Å². The second-order valence-electron chi connectivity index (χ2n) is 5.18. The fourth-order valence-electron chi connectivity index (χ4n) is 1.89. The van der Waals surface area contributed by atoms with E-state index >= 15 is 0 Å². The number of H-pyrrole nitrogens is 1. The van der Waals surface area contributed by atoms with Gasteiger partial charge in [0.05, 0.1) is 11.6 Å². The molecule has 0 fully saturated rings. The molecule has 0 saturated carbocycles. The van der Waals surface area contributed by atoms with Crippen molar-refractivity contribution in [3.05, 3.63) is 11.5 Å². The molecule has 0 aromatic carbocycles. The first-order valence-corrected chi connectivity index (χ1v) is 7.26. The van der Waals surface area contributed by atoms with Crippen LogP contribution in [0.4, 0.5) is 5.82 Å². The topological polar surface area (TPSA) is 69.7 Å². The summed E-state index contributed by atoms with van der Waals surface area (Å²) in [6.07, 6.45) is 3.94. The van der Waals surface area contributed by atoms with Crippen LogP contribution in [-0.2, 0) is 0 Å². The summed E-state index contributed by atoms with van der Waals surface area (Å²) in [5.74, 6) is 0.742. The third-order valence-corrected chi connectivity index (χ3v) is 3.56. The Bertz CT molecular complexity index is 553. The lowest BCUT2D eigenvalue weighted by atomic mass is 10.2. The number of nitrogens with one attached hydrogen (secondary N) is 2. The second kappa shape index (κ2) is 6.85. The maximum atomic E-state index is 5.88. The molecule has 2 N–H and O–H groups in total. The van der Waals surface area contributed by atoms with E-state index in [4.69, 9.17) is 11.6 Å². The van der Waals surface area contributed by atoms with Crippen molar-refractivity contribution in [3.63, 3.8) is 0 Å². The second-order valence-corrected chi connectivity index (χ2v) is 5.52. The largest absolute Gasteiger partial charge is 0.369 e. The van der Waals surface area contributed by atoms with Crippen molar-refractivity contribution in [1.82, 2.24) is 25.1 Å². The molecule has 0 spiro atoms. The number of hydrogen-bond acceptors (Lipinski definition) is 5. The Labute approximate surface area is 123 Å². The summed E-state index contributed by atoms with van der Waals surface area (Å²) >= 11 is 5.88. The van der Waals surface area contributed by atoms with Crippen LogP contribution in [0.25, 0.3) is 11.0 Å². The van der Waals surface area contributed by atoms with E-state index in [9.17, 15) is 0 Å². The highest BCUT2D eigenvalue weighted by molar-refractivity contribution is 6.28. The lowest BCUT2D eigenvalue weighted by molar-refractivity contribution is 0.269. The summed E-state index contributed by atoms with van der Waals surface area (Å²) in [4.78, 5) is 10.6. The molecule has 0 atom stereocenters. The van der Waals surface area contributed by atoms with E-state index in [-0.39, 0.29) is 5.28 Å². The Morgan fingerprint density at radius 3 is 2.90 bits per heavy atom. The van der Waals surface area contributed by atoms with E-state index in [0.717, 1.165) is 37.1 Å². The molecule has 7 heteroatoms. The molecule has 0 aliphatic rings. The highest BCUT2D eigenvalue weighted by atomic mass is 35.5. The molecule has 2 rings (SSSR count). The van der Waals surface area contributed by atoms with Crippen molar-refractivity contribution in [1.29, 1.82) is 0 Å². The van der Waals surface area contributed by atoms with Crippen LogP contribution in [0, 0.1) is 0 Å². The zero-order valence-electron chi connectivity index (χ0n) is 12.1. The summed E-state index contributed by atoms with van der Waals surface area (Å²) in [6, 6.07) is 0.592. The molecule has 0 saturated heterocycles. The summed E-state index contributed by atoms with van der Waals surface area (Å²) in [6.45, 7) is 6.37. The fourth-order valence-corrected chi connectivity index (χ4v) is 2.06. The number of nitrogens with zero attached hydrogens (tertiary/aromatic N) is 4. The van der Waals surface area contributed by atoms with E-state index in [1.54, 1.807) is 6.20 Å². The van der Waals surface area contributed by atoms with Gasteiger partial charge in [-0.15, -0.1) is 0 Å². The van der Waals surface area contributed by atoms with Crippen LogP contribution >= 0.6 is 11.6 Å². The number of hydrogen-bond donors (Lipinski definition) is 2. The molecular weight excluding hydrogens is 276 g/mol. The molecule has 0 radical (unpaired) electrons. The molecule has 0 aliphatic carbocycles. The minimum Gasteiger partial charge on any atom is -0.369 e. The van der Waals surface area contributed by atoms with Gasteiger partial charge in [-0.1, -0.05) is 0 Å². The monoisotopic (exact) mass is 296 g/mol. The number of unbranched alkanes of at least 4 members (excludes halogenated alkanes) is 1. The standard InChI is InChI=1S/C13H21ClN6/c1-9(2)20(3)7-5-4-6-15-11-10-8-16-19-12(10)18-13(14)17-11/h8-9H,4-7H2,1-3H3,(H2,15,16,17,18,19). The average Bonchev–Trinajstić information content (AvgIpc) is 2.85. The molecular formula is C13H21ClN6. The van der Waals surface area contributed by atoms with Crippen LogP contribution in [0.3, 0.4) is 0 Å². The highest BCUT2D eigenvalue weighted by Crippen LogP contribution is 2.19. The zero-order valence-corrected chi connectivity index (χ0v) is 12.9. The molecule has 0 aliphatic heterocycles. The minimum atomic E-state index is 0.226. The maximum Gasteiger partial charge on any atom is 0.226 e. The Kier molecular flexibility index (Phi) is 5.14. The van der Waals surface area contributed by atoms with E-state index in [1.807, 2.05) is 0 Å². The third kappa shape index (κ3) is 3.80. The van der Waals surface area contributed by atoms with Crippen molar-refractivity contribution in [2.24, 2.45) is 0 Å². The van der Waals surface area contributed by atoms with Gasteiger partial charge in [0.1, 0.15) is 5.82 Å². The van der Waals surface area contributed by atoms with Crippen molar-refractivity contribution in [2.75, 3.05) is 25.5 Å². The van der Waals surface area contributed by atoms with Gasteiger partial charge in [-0.25, -0.2) is 0 Å². The smallest absolute Gasteiger partial charge is 0.226 e. The predicted octanol–water partition coefficient (Wildman–Crippen LogP) is 2.54. The van der Waals surface area contributed by atoms with Gasteiger partial charge in [0.15, 0.2) is 5.65 Å². The van der Waals surface area contributed by atoms with Crippen LogP contribution in [0.2, 0.25) is 5.28 Å². The zero-order chi connectivity index (χ0) is 14.5. The SMILES string of the molecule is CC(C)N(C)CCCCNc1nc(Cl)nc2[nH]ncc12. The van der Waals surface area contributed by atoms with E-state index < -0.39 is 0 Å². The van der Waals surface area contributed by atoms with Gasteiger partial charge in [-0.2, -0.15) is 15.1 Å². The normalized spacial score (nSPS) is 11.7. The number of aromatic nitrogens is 4. The number of rotatable bonds is 7. The lowest BCUT2D eigenvalue weighted by Crippen LogP contribution is -2.27. The molecule has 0 unspecified atom stereocenters. The molecule has 2 aromatic heterocycles. The van der Waals surface area contributed by atoms with Crippen LogP contribution in [0.1, 0.15) is 26.7 Å². The number of halogens is 1. The first-order chi connectivity index (χ1) is 9.58. The summed E-state index contributed by atoms with van der Waals surface area (Å²) in [5.41, 5.74) is 0.659. The number of aromatic amines is 1. The predicted molar refractivity (Wildman–Crippen MR) is 82.2 cm³/mol. The van der Waals surface area contributed by atoms with Gasteiger partial charge < -0.3 is 10.2 Å². The number of anilines is 1. The average molecular weight is 297 g/mol. The van der Waals surface area contributed by atoms with Gasteiger partial charge in [0.2, 0.25) is 5.28 Å². The lowest BCUT2D eigenvalue weighted by Gasteiger charge is -2.20. The molecule has 20 heavy (non-hydrogen) atoms. The Balaban J connectivity index is 1.83. The Hall–Kier alpha value is -1.40. The van der Waals surface area contributed by atoms with Gasteiger partial charge in [-0.05, 0) is 51.9 Å². The van der Waals surface area contributed by atoms with Crippen molar-refractivity contribution >= 4 is 28.5 Å². The van der Waals surface area contributed by atoms with Crippen LogP contribution in [0.5, 0.6) is 0 Å². The molecule has 2 heterocycles. The highest BCUT2D eigenvalue weighted by Gasteiger charge is 2.08. The first kappa shape index (κ1) is 15.0. The van der Waals surface area contributed by atoms with Gasteiger partial charge >= 0.3 is 0 Å². The molecule has 6 nitrogen and oxygen atoms in total. The molecule has 2 aromatic rings. The minimum absolute atomic E-state index is 0.226. The molecule has 110 valence electrons. The van der Waals surface area contributed by atoms with Crippen molar-refractivity contribution in [3.8, 4) is 0 Å². The van der Waals surface area contributed by atoms with Crippen molar-refractivity contribution in [2.45, 2.75) is 32.7 Å². The molecule has 0 bridgehead atoms. The van der Waals surface area contributed by atoms with E-state index in [1.165, 1.54) is 0 Å². The van der Waals surface area contributed by atoms with Crippen LogP contribution < -0.4 is 5.32 Å². The first-order valence-electron chi connectivity index (χ1n) is 6.88. The Morgan fingerprint density at radius 1 is 1.35 bits per heavy atom. The van der Waals surface area contributed by atoms with Crippen LogP contribution in [-0.4, -0.2) is 51.2 Å². The van der Waals surface area contributed by atoms with Gasteiger partial charge in [-0.3, -0.25) is 5.10 Å². The van der Waals surface area contributed by atoms with Gasteiger partial charge in [0, 0.05) is 12.6 Å². The summed E-state index contributed by atoms with van der Waals surface area (Å²) in [5, 5.41) is 11.2. The summed E-state index contributed by atoms with van der Waals surface area (Å²) < 4.78 is 0. The van der Waals surface area contributed by atoms with E-state index in [0.29, 0.717) is 11.7 Å².